The minimum absolute atomic E-state index is 0. The summed E-state index contributed by atoms with van der Waals surface area (Å²) < 4.78 is 0. The van der Waals surface area contributed by atoms with E-state index in [0.717, 1.165) is 81.7 Å². The molecule has 0 aliphatic rings. The third kappa shape index (κ3) is 14.8. The largest absolute Gasteiger partial charge is 1.00 e. The molecule has 6 nitrogen and oxygen atoms in total. The summed E-state index contributed by atoms with van der Waals surface area (Å²) in [5.41, 5.74) is 0.187. The van der Waals surface area contributed by atoms with Gasteiger partial charge in [-0.15, -0.1) is 0 Å². The smallest absolute Gasteiger partial charge is 0.100 e. The second-order valence-corrected chi connectivity index (χ2v) is 20.7. The van der Waals surface area contributed by atoms with Crippen molar-refractivity contribution >= 4 is 14.5 Å². The molecule has 10 heteroatoms. The zero-order valence-electron chi connectivity index (χ0n) is 27.6. The highest BCUT2D eigenvalue weighted by atomic mass is 35.5. The summed E-state index contributed by atoms with van der Waals surface area (Å²) in [6, 6.07) is 15.2. The van der Waals surface area contributed by atoms with E-state index in [4.69, 9.17) is 0 Å². The monoisotopic (exact) mass is 666 g/mol. The molecular weight excluding hydrogens is 613 g/mol. The molecule has 240 valence electrons. The molecule has 0 aromatic heterocycles. The normalized spacial score (nSPS) is 18.1. The number of nitriles is 6. The van der Waals surface area contributed by atoms with E-state index in [9.17, 15) is 31.6 Å². The van der Waals surface area contributed by atoms with Gasteiger partial charge in [0.2, 0.25) is 0 Å². The van der Waals surface area contributed by atoms with E-state index in [0.29, 0.717) is 0 Å². The first-order valence-electron chi connectivity index (χ1n) is 15.7. The lowest BCUT2D eigenvalue weighted by atomic mass is 10.1. The molecule has 0 heterocycles. The molecular formula is C33H54Cl2N6P2. The summed E-state index contributed by atoms with van der Waals surface area (Å²) in [5, 5.41) is 60.5. The summed E-state index contributed by atoms with van der Waals surface area (Å²) in [6.07, 6.45) is 9.80. The molecule has 0 radical (unpaired) electrons. The molecule has 7 atom stereocenters. The zero-order chi connectivity index (χ0) is 31.5. The molecule has 0 aromatic carbocycles. The fraction of sp³-hybridized carbons (Fsp3) is 0.818. The van der Waals surface area contributed by atoms with E-state index < -0.39 is 14.5 Å². The third-order valence-electron chi connectivity index (χ3n) is 9.21. The van der Waals surface area contributed by atoms with Gasteiger partial charge < -0.3 is 24.8 Å². The topological polar surface area (TPSA) is 143 Å². The number of nitrogens with zero attached hydrogens (tertiary/aromatic N) is 6. The number of hydrogen-bond acceptors (Lipinski definition) is 6. The quantitative estimate of drug-likeness (QED) is 0.172. The first-order valence-corrected chi connectivity index (χ1v) is 20.6. The van der Waals surface area contributed by atoms with Gasteiger partial charge in [0, 0.05) is 14.5 Å². The predicted octanol–water partition coefficient (Wildman–Crippen LogP) is 2.72. The fourth-order valence-corrected chi connectivity index (χ4v) is 19.7. The van der Waals surface area contributed by atoms with Crippen LogP contribution in [0.1, 0.15) is 87.0 Å². The lowest BCUT2D eigenvalue weighted by molar-refractivity contribution is -0.001000. The van der Waals surface area contributed by atoms with E-state index in [-0.39, 0.29) is 66.0 Å². The van der Waals surface area contributed by atoms with Crippen molar-refractivity contribution in [1.29, 1.82) is 31.6 Å². The van der Waals surface area contributed by atoms with Crippen molar-refractivity contribution in [1.82, 2.24) is 0 Å². The van der Waals surface area contributed by atoms with Crippen molar-refractivity contribution < 1.29 is 24.8 Å². The fourth-order valence-electron chi connectivity index (χ4n) is 6.23. The van der Waals surface area contributed by atoms with Gasteiger partial charge >= 0.3 is 0 Å². The zero-order valence-corrected chi connectivity index (χ0v) is 30.9. The van der Waals surface area contributed by atoms with Crippen LogP contribution >= 0.6 is 14.5 Å². The molecule has 0 spiro atoms. The summed E-state index contributed by atoms with van der Waals surface area (Å²) >= 11 is 0. The first kappa shape index (κ1) is 45.8. The third-order valence-corrected chi connectivity index (χ3v) is 20.0. The Kier molecular flexibility index (Phi) is 26.3. The van der Waals surface area contributed by atoms with Crippen LogP contribution < -0.4 is 24.8 Å². The van der Waals surface area contributed by atoms with E-state index in [1.165, 1.54) is 0 Å². The predicted molar refractivity (Wildman–Crippen MR) is 174 cm³/mol. The molecule has 0 N–H and O–H groups in total. The average molecular weight is 668 g/mol. The summed E-state index contributed by atoms with van der Waals surface area (Å²) in [6.45, 7) is 14.6. The van der Waals surface area contributed by atoms with E-state index in [1.807, 2.05) is 41.5 Å². The molecule has 7 unspecified atom stereocenters. The lowest BCUT2D eigenvalue weighted by Gasteiger charge is -2.40. The van der Waals surface area contributed by atoms with Crippen molar-refractivity contribution in [3.05, 3.63) is 0 Å². The van der Waals surface area contributed by atoms with Crippen molar-refractivity contribution in [3.63, 3.8) is 0 Å². The van der Waals surface area contributed by atoms with Gasteiger partial charge in [0.05, 0.1) is 115 Å². The highest BCUT2D eigenvalue weighted by Crippen LogP contribution is 2.73. The maximum atomic E-state index is 10.1. The van der Waals surface area contributed by atoms with Crippen molar-refractivity contribution in [2.75, 3.05) is 43.1 Å². The standard InChI is InChI=1S/C33H54N6P2.2ClH/c1-8-28(14-34)21-40(22-29(9-2)15-35,23-30(10-3)16-36)20-27(7)41(24-31(11-4)17-37,25-32(12-5)18-38)26-33(13-6)19-39;;/h27-33H,8-13,20-26H2,1-7H3;2*1H/q+2;;/p-2. The molecule has 43 heavy (non-hydrogen) atoms. The van der Waals surface area contributed by atoms with Crippen LogP contribution in [0.5, 0.6) is 0 Å². The Balaban J connectivity index is -0.00000800. The highest BCUT2D eigenvalue weighted by Gasteiger charge is 2.54. The minimum Gasteiger partial charge on any atom is -1.00 e. The Labute approximate surface area is 277 Å². The molecule has 0 rings (SSSR count). The number of halogens is 2. The highest BCUT2D eigenvalue weighted by molar-refractivity contribution is 7.80. The van der Waals surface area contributed by atoms with Gasteiger partial charge in [-0.1, -0.05) is 41.5 Å². The van der Waals surface area contributed by atoms with Crippen LogP contribution in [0.15, 0.2) is 0 Å². The second-order valence-electron chi connectivity index (χ2n) is 12.1. The van der Waals surface area contributed by atoms with Gasteiger partial charge in [-0.2, -0.15) is 31.6 Å². The van der Waals surface area contributed by atoms with Crippen LogP contribution in [-0.2, 0) is 0 Å². The molecule has 0 bridgehead atoms. The van der Waals surface area contributed by atoms with Gasteiger partial charge in [-0.3, -0.25) is 0 Å². The van der Waals surface area contributed by atoms with Gasteiger partial charge in [0.15, 0.2) is 0 Å². The first-order chi connectivity index (χ1) is 19.6. The van der Waals surface area contributed by atoms with Crippen molar-refractivity contribution in [2.24, 2.45) is 35.5 Å². The van der Waals surface area contributed by atoms with Crippen molar-refractivity contribution in [3.8, 4) is 36.4 Å². The molecule has 0 aliphatic heterocycles. The Hall–Kier alpha value is -1.62. The lowest BCUT2D eigenvalue weighted by Crippen LogP contribution is -3.00. The summed E-state index contributed by atoms with van der Waals surface area (Å²) in [4.78, 5) is 0. The SMILES string of the molecule is CCC(C#N)C[P+](CC(C#N)CC)(CC(C#N)CC)CC(C)[P+](CC(C#N)CC)(CC(C#N)CC)CC(C#N)CC.[Cl-].[Cl-]. The van der Waals surface area contributed by atoms with Crippen LogP contribution in [0.3, 0.4) is 0 Å². The average Bonchev–Trinajstić information content (AvgIpc) is 3.00. The maximum absolute atomic E-state index is 10.1. The Morgan fingerprint density at radius 3 is 0.791 bits per heavy atom. The molecule has 0 saturated heterocycles. The van der Waals surface area contributed by atoms with E-state index >= 15 is 0 Å². The number of rotatable bonds is 21. The van der Waals surface area contributed by atoms with Crippen LogP contribution in [0.4, 0.5) is 0 Å². The van der Waals surface area contributed by atoms with E-state index in [1.54, 1.807) is 0 Å². The summed E-state index contributed by atoms with van der Waals surface area (Å²) in [7, 11) is -4.01. The number of hydrogen-bond donors (Lipinski definition) is 0. The molecule has 0 amide bonds. The summed E-state index contributed by atoms with van der Waals surface area (Å²) in [5.74, 6) is -0.746. The van der Waals surface area contributed by atoms with Crippen molar-refractivity contribution in [2.45, 2.75) is 92.7 Å². The van der Waals surface area contributed by atoms with E-state index in [2.05, 4.69) is 43.3 Å². The Bertz CT molecular complexity index is 909. The van der Waals surface area contributed by atoms with Crippen LogP contribution in [0.2, 0.25) is 0 Å². The maximum Gasteiger partial charge on any atom is 0.100 e. The molecule has 0 saturated carbocycles. The Morgan fingerprint density at radius 2 is 0.605 bits per heavy atom. The van der Waals surface area contributed by atoms with Gasteiger partial charge in [0.1, 0.15) is 5.66 Å². The molecule has 0 aliphatic carbocycles. The Morgan fingerprint density at radius 1 is 0.395 bits per heavy atom. The molecule has 0 fully saturated rings. The van der Waals surface area contributed by atoms with Gasteiger partial charge in [-0.25, -0.2) is 0 Å². The second kappa shape index (κ2) is 24.7. The van der Waals surface area contributed by atoms with Crippen LogP contribution in [0, 0.1) is 103 Å². The van der Waals surface area contributed by atoms with Crippen LogP contribution in [0.25, 0.3) is 0 Å². The van der Waals surface area contributed by atoms with Gasteiger partial charge in [0.25, 0.3) is 0 Å². The van der Waals surface area contributed by atoms with Gasteiger partial charge in [-0.05, 0) is 45.4 Å². The van der Waals surface area contributed by atoms with Crippen LogP contribution in [-0.4, -0.2) is 48.8 Å². The minimum atomic E-state index is -2.02. The molecule has 0 aromatic rings.